The van der Waals surface area contributed by atoms with Gasteiger partial charge in [0.25, 0.3) is 0 Å². The summed E-state index contributed by atoms with van der Waals surface area (Å²) in [5.41, 5.74) is 0.788. The number of sulfonamides is 1. The van der Waals surface area contributed by atoms with Crippen LogP contribution in [0.1, 0.15) is 25.5 Å². The molecule has 0 aliphatic heterocycles. The first-order valence-corrected chi connectivity index (χ1v) is 6.54. The Morgan fingerprint density at radius 2 is 2.19 bits per heavy atom. The predicted molar refractivity (Wildman–Crippen MR) is 61.3 cm³/mol. The Kier molecular flexibility index (Phi) is 4.40. The number of nitrogens with one attached hydrogen (secondary N) is 1. The molecule has 1 rings (SSSR count). The Balaban J connectivity index is 2.76. The van der Waals surface area contributed by atoms with Gasteiger partial charge in [0.1, 0.15) is 0 Å². The largest absolute Gasteiger partial charge is 0.395 e. The quantitative estimate of drug-likeness (QED) is 0.788. The number of hydrogen-bond donors (Lipinski definition) is 2. The van der Waals surface area contributed by atoms with Gasteiger partial charge in [0.05, 0.1) is 11.9 Å². The van der Waals surface area contributed by atoms with Crippen molar-refractivity contribution >= 4 is 10.0 Å². The highest BCUT2D eigenvalue weighted by atomic mass is 32.2. The van der Waals surface area contributed by atoms with Gasteiger partial charge in [-0.2, -0.15) is 0 Å². The molecule has 6 heteroatoms. The number of rotatable bonds is 5. The standard InChI is InChI=1S/C10H16N2O3S/c1-8(7-13)16(14,15)12-9(2)10-4-3-5-11-6-10/h3-6,8-9,12-13H,7H2,1-2H3. The van der Waals surface area contributed by atoms with E-state index in [9.17, 15) is 8.42 Å². The van der Waals surface area contributed by atoms with Crippen LogP contribution in [-0.2, 0) is 10.0 Å². The second-order valence-corrected chi connectivity index (χ2v) is 5.79. The topological polar surface area (TPSA) is 79.3 Å². The van der Waals surface area contributed by atoms with Crippen molar-refractivity contribution in [1.82, 2.24) is 9.71 Å². The number of pyridine rings is 1. The minimum Gasteiger partial charge on any atom is -0.395 e. The molecule has 2 unspecified atom stereocenters. The van der Waals surface area contributed by atoms with Crippen molar-refractivity contribution in [3.8, 4) is 0 Å². The van der Waals surface area contributed by atoms with Gasteiger partial charge in [-0.1, -0.05) is 6.07 Å². The molecule has 0 amide bonds. The molecule has 90 valence electrons. The van der Waals surface area contributed by atoms with Crippen LogP contribution in [0.3, 0.4) is 0 Å². The summed E-state index contributed by atoms with van der Waals surface area (Å²) in [6.07, 6.45) is 3.23. The second kappa shape index (κ2) is 5.38. The molecule has 0 aromatic carbocycles. The lowest BCUT2D eigenvalue weighted by Gasteiger charge is -2.17. The van der Waals surface area contributed by atoms with Gasteiger partial charge < -0.3 is 5.11 Å². The van der Waals surface area contributed by atoms with Crippen molar-refractivity contribution in [2.24, 2.45) is 0 Å². The van der Waals surface area contributed by atoms with Gasteiger partial charge >= 0.3 is 0 Å². The van der Waals surface area contributed by atoms with E-state index < -0.39 is 21.9 Å². The highest BCUT2D eigenvalue weighted by molar-refractivity contribution is 7.90. The van der Waals surface area contributed by atoms with Crippen LogP contribution in [0.5, 0.6) is 0 Å². The maximum Gasteiger partial charge on any atom is 0.217 e. The van der Waals surface area contributed by atoms with E-state index >= 15 is 0 Å². The fraction of sp³-hybridized carbons (Fsp3) is 0.500. The molecule has 0 saturated heterocycles. The first-order chi connectivity index (χ1) is 7.47. The first kappa shape index (κ1) is 13.1. The second-order valence-electron chi connectivity index (χ2n) is 3.66. The van der Waals surface area contributed by atoms with Gasteiger partial charge in [0.15, 0.2) is 0 Å². The average molecular weight is 244 g/mol. The zero-order valence-corrected chi connectivity index (χ0v) is 10.1. The third kappa shape index (κ3) is 3.26. The van der Waals surface area contributed by atoms with Gasteiger partial charge in [-0.05, 0) is 25.5 Å². The first-order valence-electron chi connectivity index (χ1n) is 4.99. The molecule has 0 bridgehead atoms. The van der Waals surface area contributed by atoms with Crippen LogP contribution in [0.15, 0.2) is 24.5 Å². The van der Waals surface area contributed by atoms with Crippen LogP contribution >= 0.6 is 0 Å². The number of aliphatic hydroxyl groups is 1. The zero-order valence-electron chi connectivity index (χ0n) is 9.29. The summed E-state index contributed by atoms with van der Waals surface area (Å²) in [6.45, 7) is 2.80. The predicted octanol–water partition coefficient (Wildman–Crippen LogP) is 0.443. The van der Waals surface area contributed by atoms with Crippen LogP contribution in [-0.4, -0.2) is 30.4 Å². The Labute approximate surface area is 95.6 Å². The van der Waals surface area contributed by atoms with Gasteiger partial charge in [-0.15, -0.1) is 0 Å². The fourth-order valence-electron chi connectivity index (χ4n) is 1.16. The summed E-state index contributed by atoms with van der Waals surface area (Å²) < 4.78 is 25.8. The molecule has 0 spiro atoms. The molecule has 1 heterocycles. The number of aliphatic hydroxyl groups excluding tert-OH is 1. The maximum atomic E-state index is 11.7. The highest BCUT2D eigenvalue weighted by Gasteiger charge is 2.22. The van der Waals surface area contributed by atoms with Crippen LogP contribution in [0, 0.1) is 0 Å². The van der Waals surface area contributed by atoms with E-state index in [0.29, 0.717) is 0 Å². The molecule has 2 atom stereocenters. The Morgan fingerprint density at radius 1 is 1.50 bits per heavy atom. The summed E-state index contributed by atoms with van der Waals surface area (Å²) in [4.78, 5) is 3.92. The third-order valence-corrected chi connectivity index (χ3v) is 4.20. The minimum absolute atomic E-state index is 0.354. The van der Waals surface area contributed by atoms with Crippen molar-refractivity contribution in [1.29, 1.82) is 0 Å². The molecular formula is C10H16N2O3S. The SMILES string of the molecule is CC(NS(=O)(=O)C(C)CO)c1cccnc1. The van der Waals surface area contributed by atoms with E-state index in [2.05, 4.69) is 9.71 Å². The van der Waals surface area contributed by atoms with Gasteiger partial charge in [-0.3, -0.25) is 4.98 Å². The van der Waals surface area contributed by atoms with Crippen molar-refractivity contribution in [2.45, 2.75) is 25.1 Å². The summed E-state index contributed by atoms with van der Waals surface area (Å²) >= 11 is 0. The molecule has 1 aromatic heterocycles. The van der Waals surface area contributed by atoms with E-state index in [4.69, 9.17) is 5.11 Å². The molecule has 0 saturated carbocycles. The van der Waals surface area contributed by atoms with Crippen LogP contribution in [0.25, 0.3) is 0 Å². The van der Waals surface area contributed by atoms with E-state index in [0.717, 1.165) is 5.56 Å². The Morgan fingerprint density at radius 3 is 2.69 bits per heavy atom. The summed E-state index contributed by atoms with van der Waals surface area (Å²) in [7, 11) is -3.49. The smallest absolute Gasteiger partial charge is 0.217 e. The van der Waals surface area contributed by atoms with Gasteiger partial charge in [0.2, 0.25) is 10.0 Å². The van der Waals surface area contributed by atoms with Gasteiger partial charge in [0, 0.05) is 18.4 Å². The van der Waals surface area contributed by atoms with Crippen molar-refractivity contribution < 1.29 is 13.5 Å². The van der Waals surface area contributed by atoms with E-state index in [1.54, 1.807) is 31.5 Å². The van der Waals surface area contributed by atoms with E-state index in [-0.39, 0.29) is 6.04 Å². The normalized spacial score (nSPS) is 15.7. The van der Waals surface area contributed by atoms with E-state index in [1.165, 1.54) is 6.92 Å². The Bertz CT molecular complexity index is 419. The zero-order chi connectivity index (χ0) is 12.2. The molecule has 5 nitrogen and oxygen atoms in total. The molecular weight excluding hydrogens is 228 g/mol. The lowest BCUT2D eigenvalue weighted by molar-refractivity contribution is 0.294. The maximum absolute atomic E-state index is 11.7. The van der Waals surface area contributed by atoms with Gasteiger partial charge in [-0.25, -0.2) is 13.1 Å². The number of aromatic nitrogens is 1. The molecule has 1 aromatic rings. The van der Waals surface area contributed by atoms with Crippen molar-refractivity contribution in [3.63, 3.8) is 0 Å². The molecule has 0 aliphatic rings. The fourth-order valence-corrected chi connectivity index (χ4v) is 2.22. The summed E-state index contributed by atoms with van der Waals surface area (Å²) in [5.74, 6) is 0. The average Bonchev–Trinajstić information content (AvgIpc) is 2.28. The minimum atomic E-state index is -3.49. The molecule has 16 heavy (non-hydrogen) atoms. The van der Waals surface area contributed by atoms with Crippen molar-refractivity contribution in [2.75, 3.05) is 6.61 Å². The van der Waals surface area contributed by atoms with Crippen LogP contribution in [0.2, 0.25) is 0 Å². The molecule has 0 fully saturated rings. The summed E-state index contributed by atoms with van der Waals surface area (Å²) in [5, 5.41) is 8.01. The monoisotopic (exact) mass is 244 g/mol. The number of nitrogens with zero attached hydrogens (tertiary/aromatic N) is 1. The molecule has 0 radical (unpaired) electrons. The van der Waals surface area contributed by atoms with E-state index in [1.807, 2.05) is 0 Å². The number of hydrogen-bond acceptors (Lipinski definition) is 4. The van der Waals surface area contributed by atoms with Crippen LogP contribution in [0.4, 0.5) is 0 Å². The molecule has 2 N–H and O–H groups in total. The van der Waals surface area contributed by atoms with Crippen molar-refractivity contribution in [3.05, 3.63) is 30.1 Å². The van der Waals surface area contributed by atoms with Crippen LogP contribution < -0.4 is 4.72 Å². The lowest BCUT2D eigenvalue weighted by Crippen LogP contribution is -2.36. The highest BCUT2D eigenvalue weighted by Crippen LogP contribution is 2.12. The third-order valence-electron chi connectivity index (χ3n) is 2.31. The Hall–Kier alpha value is -0.980. The lowest BCUT2D eigenvalue weighted by atomic mass is 10.2. The molecule has 0 aliphatic carbocycles. The summed E-state index contributed by atoms with van der Waals surface area (Å²) in [6, 6.07) is 3.19.